The van der Waals surface area contributed by atoms with Crippen molar-refractivity contribution < 1.29 is 18.4 Å². The number of hydrogen-bond acceptors (Lipinski definition) is 3. The van der Waals surface area contributed by atoms with Crippen LogP contribution in [0.15, 0.2) is 59.8 Å². The molecule has 0 spiro atoms. The summed E-state index contributed by atoms with van der Waals surface area (Å²) in [5, 5.41) is 3.75. The first-order valence-corrected chi connectivity index (χ1v) is 5.99. The molecule has 0 saturated carbocycles. The summed E-state index contributed by atoms with van der Waals surface area (Å²) in [4.78, 5) is 5.11. The van der Waals surface area contributed by atoms with Gasteiger partial charge in [0.15, 0.2) is 0 Å². The van der Waals surface area contributed by atoms with E-state index in [9.17, 15) is 8.78 Å². The largest absolute Gasteiger partial charge is 0.434 e. The molecule has 0 heterocycles. The summed E-state index contributed by atoms with van der Waals surface area (Å²) in [6.07, 6.45) is 1.35. The molecule has 2 aromatic carbocycles. The number of hydrogen-bond donors (Lipinski definition) is 0. The first-order valence-electron chi connectivity index (χ1n) is 5.99. The maximum absolute atomic E-state index is 12.2. The Hall–Kier alpha value is -2.43. The molecule has 3 nitrogen and oxygen atoms in total. The molecule has 2 aromatic rings. The summed E-state index contributed by atoms with van der Waals surface area (Å²) in [6, 6.07) is 15.9. The lowest BCUT2D eigenvalue weighted by Crippen LogP contribution is -2.04. The lowest BCUT2D eigenvalue weighted by atomic mass is 10.2. The standard InChI is InChI=1S/C15H13F2NO2/c16-15(17)20-14-9-5-4-8-13(14)10-18-19-11-12-6-2-1-3-7-12/h1-10,15H,11H2. The van der Waals surface area contributed by atoms with Gasteiger partial charge in [0, 0.05) is 5.56 Å². The first kappa shape index (κ1) is 14.0. The summed E-state index contributed by atoms with van der Waals surface area (Å²) >= 11 is 0. The van der Waals surface area contributed by atoms with Gasteiger partial charge in [-0.25, -0.2) is 0 Å². The van der Waals surface area contributed by atoms with E-state index >= 15 is 0 Å². The number of halogens is 2. The van der Waals surface area contributed by atoms with E-state index in [0.29, 0.717) is 12.2 Å². The molecule has 0 aliphatic carbocycles. The van der Waals surface area contributed by atoms with Gasteiger partial charge in [-0.15, -0.1) is 0 Å². The Morgan fingerprint density at radius 2 is 1.70 bits per heavy atom. The molecule has 0 fully saturated rings. The number of nitrogens with zero attached hydrogens (tertiary/aromatic N) is 1. The third-order valence-electron chi connectivity index (χ3n) is 2.48. The van der Waals surface area contributed by atoms with Crippen LogP contribution in [0, 0.1) is 0 Å². The van der Waals surface area contributed by atoms with Gasteiger partial charge in [-0.3, -0.25) is 0 Å². The molecule has 20 heavy (non-hydrogen) atoms. The minimum Gasteiger partial charge on any atom is -0.434 e. The van der Waals surface area contributed by atoms with Crippen molar-refractivity contribution in [3.8, 4) is 5.75 Å². The lowest BCUT2D eigenvalue weighted by molar-refractivity contribution is -0.0499. The quantitative estimate of drug-likeness (QED) is 0.593. The van der Waals surface area contributed by atoms with Crippen LogP contribution in [0.25, 0.3) is 0 Å². The molecule has 0 aliphatic heterocycles. The summed E-state index contributed by atoms with van der Waals surface area (Å²) in [5.41, 5.74) is 1.41. The van der Waals surface area contributed by atoms with E-state index in [-0.39, 0.29) is 5.75 Å². The fraction of sp³-hybridized carbons (Fsp3) is 0.133. The molecule has 0 amide bonds. The van der Waals surface area contributed by atoms with Crippen molar-refractivity contribution in [3.05, 3.63) is 65.7 Å². The van der Waals surface area contributed by atoms with E-state index in [1.807, 2.05) is 30.3 Å². The second-order valence-electron chi connectivity index (χ2n) is 3.91. The molecule has 104 valence electrons. The molecule has 5 heteroatoms. The SMILES string of the molecule is FC(F)Oc1ccccc1C=NOCc1ccccc1. The lowest BCUT2D eigenvalue weighted by Gasteiger charge is -2.06. The van der Waals surface area contributed by atoms with Crippen LogP contribution in [0.1, 0.15) is 11.1 Å². The Balaban J connectivity index is 1.94. The van der Waals surface area contributed by atoms with Crippen molar-refractivity contribution in [2.24, 2.45) is 5.16 Å². The highest BCUT2D eigenvalue weighted by atomic mass is 19.3. The second kappa shape index (κ2) is 7.23. The molecule has 0 N–H and O–H groups in total. The Labute approximate surface area is 115 Å². The average Bonchev–Trinajstić information content (AvgIpc) is 2.46. The Morgan fingerprint density at radius 1 is 1.00 bits per heavy atom. The van der Waals surface area contributed by atoms with Crippen LogP contribution in [-0.4, -0.2) is 12.8 Å². The van der Waals surface area contributed by atoms with E-state index in [2.05, 4.69) is 9.89 Å². The Morgan fingerprint density at radius 3 is 2.45 bits per heavy atom. The van der Waals surface area contributed by atoms with Crippen molar-refractivity contribution in [2.75, 3.05) is 0 Å². The number of oxime groups is 1. The van der Waals surface area contributed by atoms with Crippen LogP contribution in [-0.2, 0) is 11.4 Å². The maximum Gasteiger partial charge on any atom is 0.387 e. The third-order valence-corrected chi connectivity index (χ3v) is 2.48. The number of para-hydroxylation sites is 1. The van der Waals surface area contributed by atoms with Gasteiger partial charge in [-0.1, -0.05) is 47.6 Å². The third kappa shape index (κ3) is 4.35. The highest BCUT2D eigenvalue weighted by molar-refractivity contribution is 5.83. The minimum atomic E-state index is -2.87. The van der Waals surface area contributed by atoms with Gasteiger partial charge in [0.25, 0.3) is 0 Å². The average molecular weight is 277 g/mol. The molecule has 0 radical (unpaired) electrons. The minimum absolute atomic E-state index is 0.0644. The van der Waals surface area contributed by atoms with E-state index in [1.54, 1.807) is 18.2 Å². The van der Waals surface area contributed by atoms with Gasteiger partial charge in [0.1, 0.15) is 12.4 Å². The Bertz CT molecular complexity index is 559. The summed E-state index contributed by atoms with van der Waals surface area (Å²) in [5.74, 6) is 0.0644. The number of ether oxygens (including phenoxy) is 1. The molecular weight excluding hydrogens is 264 g/mol. The molecule has 0 aliphatic rings. The zero-order valence-electron chi connectivity index (χ0n) is 10.6. The van der Waals surface area contributed by atoms with E-state index in [1.165, 1.54) is 12.3 Å². The highest BCUT2D eigenvalue weighted by Gasteiger charge is 2.07. The Kier molecular flexibility index (Phi) is 5.06. The number of alkyl halides is 2. The maximum atomic E-state index is 12.2. The van der Waals surface area contributed by atoms with Gasteiger partial charge in [-0.05, 0) is 17.7 Å². The molecule has 0 aromatic heterocycles. The zero-order chi connectivity index (χ0) is 14.2. The van der Waals surface area contributed by atoms with Crippen LogP contribution in [0.2, 0.25) is 0 Å². The van der Waals surface area contributed by atoms with Crippen LogP contribution in [0.4, 0.5) is 8.78 Å². The monoisotopic (exact) mass is 277 g/mol. The van der Waals surface area contributed by atoms with Gasteiger partial charge in [0.05, 0.1) is 6.21 Å². The van der Waals surface area contributed by atoms with E-state index in [0.717, 1.165) is 5.56 Å². The zero-order valence-corrected chi connectivity index (χ0v) is 10.6. The summed E-state index contributed by atoms with van der Waals surface area (Å²) in [7, 11) is 0. The van der Waals surface area contributed by atoms with Crippen molar-refractivity contribution >= 4 is 6.21 Å². The summed E-state index contributed by atoms with van der Waals surface area (Å²) < 4.78 is 28.8. The van der Waals surface area contributed by atoms with Gasteiger partial charge >= 0.3 is 6.61 Å². The van der Waals surface area contributed by atoms with Crippen LogP contribution < -0.4 is 4.74 Å². The summed E-state index contributed by atoms with van der Waals surface area (Å²) in [6.45, 7) is -2.55. The second-order valence-corrected chi connectivity index (χ2v) is 3.91. The highest BCUT2D eigenvalue weighted by Crippen LogP contribution is 2.18. The van der Waals surface area contributed by atoms with Crippen molar-refractivity contribution in [1.29, 1.82) is 0 Å². The van der Waals surface area contributed by atoms with E-state index < -0.39 is 6.61 Å². The number of benzene rings is 2. The predicted molar refractivity (Wildman–Crippen MR) is 71.9 cm³/mol. The molecule has 0 saturated heterocycles. The molecule has 0 bridgehead atoms. The predicted octanol–water partition coefficient (Wildman–Crippen LogP) is 3.84. The van der Waals surface area contributed by atoms with Crippen LogP contribution in [0.3, 0.4) is 0 Å². The van der Waals surface area contributed by atoms with Gasteiger partial charge in [0.2, 0.25) is 0 Å². The molecule has 0 atom stereocenters. The molecular formula is C15H13F2NO2. The van der Waals surface area contributed by atoms with Crippen molar-refractivity contribution in [1.82, 2.24) is 0 Å². The molecule has 0 unspecified atom stereocenters. The van der Waals surface area contributed by atoms with Gasteiger partial charge in [-0.2, -0.15) is 8.78 Å². The fourth-order valence-corrected chi connectivity index (χ4v) is 1.57. The molecule has 2 rings (SSSR count). The fourth-order valence-electron chi connectivity index (χ4n) is 1.57. The van der Waals surface area contributed by atoms with Crippen molar-refractivity contribution in [2.45, 2.75) is 13.2 Å². The van der Waals surface area contributed by atoms with Crippen LogP contribution in [0.5, 0.6) is 5.75 Å². The topological polar surface area (TPSA) is 30.8 Å². The van der Waals surface area contributed by atoms with Crippen LogP contribution >= 0.6 is 0 Å². The van der Waals surface area contributed by atoms with Crippen molar-refractivity contribution in [3.63, 3.8) is 0 Å². The van der Waals surface area contributed by atoms with E-state index in [4.69, 9.17) is 4.84 Å². The first-order chi connectivity index (χ1) is 9.75. The smallest absolute Gasteiger partial charge is 0.387 e. The number of rotatable bonds is 6. The normalized spacial score (nSPS) is 10.9. The van der Waals surface area contributed by atoms with Gasteiger partial charge < -0.3 is 9.57 Å².